The monoisotopic (exact) mass is 649 g/mol. The topological polar surface area (TPSA) is 159 Å². The number of phosphoric ester groups is 1. The van der Waals surface area contributed by atoms with Gasteiger partial charge in [0.1, 0.15) is 6.61 Å². The molecule has 0 aromatic rings. The van der Waals surface area contributed by atoms with Gasteiger partial charge < -0.3 is 29.9 Å². The van der Waals surface area contributed by atoms with Crippen LogP contribution >= 0.6 is 7.82 Å². The highest BCUT2D eigenvalue weighted by atomic mass is 31.2. The molecule has 1 unspecified atom stereocenters. The zero-order valence-electron chi connectivity index (χ0n) is 28.6. The van der Waals surface area contributed by atoms with Crippen molar-refractivity contribution < 1.29 is 37.9 Å². The van der Waals surface area contributed by atoms with Gasteiger partial charge in [-0.05, 0) is 32.1 Å². The van der Waals surface area contributed by atoms with Crippen LogP contribution in [0.15, 0.2) is 12.2 Å². The third kappa shape index (κ3) is 35.2. The quantitative estimate of drug-likeness (QED) is 0.0315. The SMILES string of the molecule is CCCC/C=C\CCCCCCCC(=O)O[C@H](COC(=O)CCCCCCCCCCCCCCCC)COP(=O)([O-])O.[NH4+]. The van der Waals surface area contributed by atoms with Gasteiger partial charge in [0.2, 0.25) is 0 Å². The van der Waals surface area contributed by atoms with Gasteiger partial charge in [-0.2, -0.15) is 0 Å². The lowest BCUT2D eigenvalue weighted by molar-refractivity contribution is -0.223. The number of ether oxygens (including phenoxy) is 2. The van der Waals surface area contributed by atoms with E-state index in [0.717, 1.165) is 57.8 Å². The summed E-state index contributed by atoms with van der Waals surface area (Å²) in [6.07, 6.45) is 30.6. The van der Waals surface area contributed by atoms with E-state index in [1.807, 2.05) is 0 Å². The van der Waals surface area contributed by atoms with Gasteiger partial charge in [0.25, 0.3) is 7.82 Å². The summed E-state index contributed by atoms with van der Waals surface area (Å²) < 4.78 is 25.9. The molecule has 0 saturated heterocycles. The third-order valence-corrected chi connectivity index (χ3v) is 8.00. The van der Waals surface area contributed by atoms with Crippen molar-refractivity contribution >= 4 is 19.8 Å². The van der Waals surface area contributed by atoms with Crippen LogP contribution in [0.25, 0.3) is 0 Å². The van der Waals surface area contributed by atoms with Crippen LogP contribution in [0.1, 0.15) is 174 Å². The Balaban J connectivity index is 0. The molecule has 0 amide bonds. The van der Waals surface area contributed by atoms with E-state index >= 15 is 0 Å². The molecule has 44 heavy (non-hydrogen) atoms. The molecule has 0 aromatic carbocycles. The van der Waals surface area contributed by atoms with Crippen molar-refractivity contribution in [1.82, 2.24) is 6.15 Å². The Morgan fingerprint density at radius 3 is 1.52 bits per heavy atom. The van der Waals surface area contributed by atoms with E-state index in [1.54, 1.807) is 0 Å². The van der Waals surface area contributed by atoms with Crippen molar-refractivity contribution in [3.05, 3.63) is 12.2 Å². The number of carbonyl (C=O) groups excluding carboxylic acids is 2. The molecule has 5 N–H and O–H groups in total. The molecule has 262 valence electrons. The van der Waals surface area contributed by atoms with Gasteiger partial charge in [-0.15, -0.1) is 0 Å². The molecule has 2 atom stereocenters. The van der Waals surface area contributed by atoms with Crippen LogP contribution in [0, 0.1) is 0 Å². The summed E-state index contributed by atoms with van der Waals surface area (Å²) in [5.41, 5.74) is 0. The lowest BCUT2D eigenvalue weighted by Crippen LogP contribution is -2.30. The van der Waals surface area contributed by atoms with Gasteiger partial charge in [0.15, 0.2) is 6.10 Å². The summed E-state index contributed by atoms with van der Waals surface area (Å²) in [5.74, 6) is -0.927. The van der Waals surface area contributed by atoms with Crippen molar-refractivity contribution in [2.45, 2.75) is 180 Å². The van der Waals surface area contributed by atoms with Crippen molar-refractivity contribution in [3.63, 3.8) is 0 Å². The first kappa shape index (κ1) is 44.9. The Labute approximate surface area is 269 Å². The maximum absolute atomic E-state index is 12.3. The minimum Gasteiger partial charge on any atom is -0.756 e. The highest BCUT2D eigenvalue weighted by Gasteiger charge is 2.19. The summed E-state index contributed by atoms with van der Waals surface area (Å²) in [6, 6.07) is 0. The molecule has 0 spiro atoms. The molecule has 0 rings (SSSR count). The third-order valence-electron chi connectivity index (χ3n) is 7.53. The first-order chi connectivity index (χ1) is 20.8. The number of unbranched alkanes of at least 4 members (excludes halogenated alkanes) is 20. The van der Waals surface area contributed by atoms with Crippen LogP contribution in [0.2, 0.25) is 0 Å². The van der Waals surface area contributed by atoms with Crippen molar-refractivity contribution in [3.8, 4) is 0 Å². The lowest BCUT2D eigenvalue weighted by Gasteiger charge is -2.21. The first-order valence-electron chi connectivity index (χ1n) is 17.5. The molecule has 0 fully saturated rings. The van der Waals surface area contributed by atoms with Crippen LogP contribution in [0.3, 0.4) is 0 Å². The lowest BCUT2D eigenvalue weighted by atomic mass is 10.0. The summed E-state index contributed by atoms with van der Waals surface area (Å²) in [6.45, 7) is 3.53. The average molecular weight is 650 g/mol. The second-order valence-electron chi connectivity index (χ2n) is 11.8. The smallest absolute Gasteiger partial charge is 0.306 e. The largest absolute Gasteiger partial charge is 0.756 e. The number of allylic oxidation sites excluding steroid dienone is 2. The van der Waals surface area contributed by atoms with Gasteiger partial charge in [-0.1, -0.05) is 142 Å². The summed E-state index contributed by atoms with van der Waals surface area (Å²) in [5, 5.41) is 0. The van der Waals surface area contributed by atoms with E-state index in [4.69, 9.17) is 14.4 Å². The second kappa shape index (κ2) is 33.1. The minimum absolute atomic E-state index is 0. The van der Waals surface area contributed by atoms with E-state index in [0.29, 0.717) is 6.42 Å². The summed E-state index contributed by atoms with van der Waals surface area (Å²) in [4.78, 5) is 44.4. The van der Waals surface area contributed by atoms with Gasteiger partial charge in [0.05, 0.1) is 6.61 Å². The molecule has 0 heterocycles. The van der Waals surface area contributed by atoms with Gasteiger partial charge >= 0.3 is 11.9 Å². The van der Waals surface area contributed by atoms with E-state index in [9.17, 15) is 19.0 Å². The molecule has 0 bridgehead atoms. The second-order valence-corrected chi connectivity index (χ2v) is 13.0. The van der Waals surface area contributed by atoms with Crippen LogP contribution in [0.5, 0.6) is 0 Å². The normalized spacial score (nSPS) is 13.4. The molecule has 0 saturated carbocycles. The minimum atomic E-state index is -4.99. The number of hydrogen-bond donors (Lipinski definition) is 2. The highest BCUT2D eigenvalue weighted by Crippen LogP contribution is 2.30. The Kier molecular flexibility index (Phi) is 33.8. The average Bonchev–Trinajstić information content (AvgIpc) is 2.97. The van der Waals surface area contributed by atoms with Gasteiger partial charge in [-0.3, -0.25) is 14.2 Å². The number of quaternary nitrogens is 1. The Hall–Kier alpha value is -1.25. The number of rotatable bonds is 32. The summed E-state index contributed by atoms with van der Waals surface area (Å²) in [7, 11) is -4.99. The molecular formula is C34H68NO8P. The fourth-order valence-corrected chi connectivity index (χ4v) is 5.23. The van der Waals surface area contributed by atoms with Crippen molar-refractivity contribution in [2.24, 2.45) is 0 Å². The van der Waals surface area contributed by atoms with Crippen LogP contribution in [0.4, 0.5) is 0 Å². The standard InChI is InChI=1S/C34H65O8P.H3N/c1-3-5-7-9-11-13-15-16-17-19-20-22-24-26-28-33(35)40-30-32(31-41-43(37,38)39)42-34(36)29-27-25-23-21-18-14-12-10-8-6-4-2;/h10,12,32H,3-9,11,13-31H2,1-2H3,(H2,37,38,39);1H3/b12-10-;/t32-;/m1./s1. The summed E-state index contributed by atoms with van der Waals surface area (Å²) >= 11 is 0. The van der Waals surface area contributed by atoms with E-state index in [-0.39, 0.29) is 25.6 Å². The predicted octanol–water partition coefficient (Wildman–Crippen LogP) is 9.64. The molecule has 0 aliphatic heterocycles. The maximum Gasteiger partial charge on any atom is 0.306 e. The molecule has 0 radical (unpaired) electrons. The number of hydrogen-bond acceptors (Lipinski definition) is 7. The molecule has 10 heteroatoms. The molecule has 0 aromatic heterocycles. The number of phosphoric acid groups is 1. The Bertz CT molecular complexity index is 728. The van der Waals surface area contributed by atoms with Gasteiger partial charge in [-0.25, -0.2) is 0 Å². The molecule has 0 aliphatic rings. The van der Waals surface area contributed by atoms with Crippen LogP contribution < -0.4 is 11.0 Å². The van der Waals surface area contributed by atoms with Crippen molar-refractivity contribution in [1.29, 1.82) is 0 Å². The van der Waals surface area contributed by atoms with Crippen LogP contribution in [-0.4, -0.2) is 36.1 Å². The zero-order chi connectivity index (χ0) is 31.9. The van der Waals surface area contributed by atoms with Crippen molar-refractivity contribution in [2.75, 3.05) is 13.2 Å². The number of carbonyl (C=O) groups is 2. The fourth-order valence-electron chi connectivity index (χ4n) is 4.88. The molecular weight excluding hydrogens is 581 g/mol. The Morgan fingerprint density at radius 1 is 0.636 bits per heavy atom. The highest BCUT2D eigenvalue weighted by molar-refractivity contribution is 7.44. The zero-order valence-corrected chi connectivity index (χ0v) is 29.5. The van der Waals surface area contributed by atoms with Gasteiger partial charge in [0, 0.05) is 12.8 Å². The number of esters is 2. The molecule has 0 aliphatic carbocycles. The van der Waals surface area contributed by atoms with Crippen LogP contribution in [-0.2, 0) is 28.2 Å². The van der Waals surface area contributed by atoms with E-state index < -0.39 is 32.5 Å². The van der Waals surface area contributed by atoms with E-state index in [1.165, 1.54) is 83.5 Å². The fraction of sp³-hybridized carbons (Fsp3) is 0.882. The Morgan fingerprint density at radius 2 is 1.05 bits per heavy atom. The predicted molar refractivity (Wildman–Crippen MR) is 179 cm³/mol. The van der Waals surface area contributed by atoms with E-state index in [2.05, 4.69) is 30.5 Å². The first-order valence-corrected chi connectivity index (χ1v) is 19.0. The maximum atomic E-state index is 12.3. The molecule has 9 nitrogen and oxygen atoms in total.